The predicted molar refractivity (Wildman–Crippen MR) is 80.0 cm³/mol. The van der Waals surface area contributed by atoms with E-state index in [4.69, 9.17) is 4.74 Å². The van der Waals surface area contributed by atoms with Crippen molar-refractivity contribution in [2.45, 2.75) is 32.4 Å². The average Bonchev–Trinajstić information content (AvgIpc) is 2.48. The summed E-state index contributed by atoms with van der Waals surface area (Å²) in [6.07, 6.45) is 0.391. The summed E-state index contributed by atoms with van der Waals surface area (Å²) in [6.45, 7) is 5.64. The van der Waals surface area contributed by atoms with Crippen molar-refractivity contribution >= 4 is 11.8 Å². The second-order valence-electron chi connectivity index (χ2n) is 5.47. The molecular formula is C16H22N2O3. The zero-order chi connectivity index (χ0) is 15.2. The van der Waals surface area contributed by atoms with Crippen molar-refractivity contribution < 1.29 is 14.3 Å². The van der Waals surface area contributed by atoms with Gasteiger partial charge in [0.25, 0.3) is 5.91 Å². The summed E-state index contributed by atoms with van der Waals surface area (Å²) in [5.41, 5.74) is 0.608. The van der Waals surface area contributed by atoms with Crippen molar-refractivity contribution in [2.24, 2.45) is 0 Å². The molecule has 5 heteroatoms. The largest absolute Gasteiger partial charge is 0.375 e. The van der Waals surface area contributed by atoms with Gasteiger partial charge in [-0.2, -0.15) is 0 Å². The molecule has 2 atom stereocenters. The minimum Gasteiger partial charge on any atom is -0.375 e. The van der Waals surface area contributed by atoms with E-state index in [1.54, 1.807) is 17.0 Å². The Labute approximate surface area is 125 Å². The third-order valence-corrected chi connectivity index (χ3v) is 3.49. The van der Waals surface area contributed by atoms with Gasteiger partial charge in [-0.1, -0.05) is 18.2 Å². The quantitative estimate of drug-likeness (QED) is 0.913. The van der Waals surface area contributed by atoms with Crippen LogP contribution in [0.15, 0.2) is 30.3 Å². The van der Waals surface area contributed by atoms with Crippen LogP contribution in [0.1, 0.15) is 30.6 Å². The van der Waals surface area contributed by atoms with Gasteiger partial charge in [-0.3, -0.25) is 9.59 Å². The summed E-state index contributed by atoms with van der Waals surface area (Å²) in [6, 6.07) is 8.83. The van der Waals surface area contributed by atoms with Gasteiger partial charge in [0, 0.05) is 31.1 Å². The molecule has 114 valence electrons. The van der Waals surface area contributed by atoms with E-state index in [9.17, 15) is 9.59 Å². The van der Waals surface area contributed by atoms with Crippen LogP contribution in [0.5, 0.6) is 0 Å². The lowest BCUT2D eigenvalue weighted by Crippen LogP contribution is -2.46. The Balaban J connectivity index is 1.82. The minimum absolute atomic E-state index is 0.0611. The molecule has 5 nitrogen and oxygen atoms in total. The number of nitrogens with zero attached hydrogens (tertiary/aromatic N) is 1. The van der Waals surface area contributed by atoms with Gasteiger partial charge in [0.05, 0.1) is 12.7 Å². The summed E-state index contributed by atoms with van der Waals surface area (Å²) in [4.78, 5) is 26.0. The van der Waals surface area contributed by atoms with Gasteiger partial charge >= 0.3 is 0 Å². The van der Waals surface area contributed by atoms with Crippen LogP contribution in [0.25, 0.3) is 0 Å². The highest BCUT2D eigenvalue weighted by Crippen LogP contribution is 2.08. The summed E-state index contributed by atoms with van der Waals surface area (Å²) in [5, 5.41) is 2.86. The summed E-state index contributed by atoms with van der Waals surface area (Å²) >= 11 is 0. The van der Waals surface area contributed by atoms with Crippen LogP contribution in [0.3, 0.4) is 0 Å². The molecule has 2 amide bonds. The van der Waals surface area contributed by atoms with Crippen LogP contribution in [0.2, 0.25) is 0 Å². The molecule has 0 unspecified atom stereocenters. The topological polar surface area (TPSA) is 58.6 Å². The first kappa shape index (κ1) is 15.5. The highest BCUT2D eigenvalue weighted by atomic mass is 16.5. The number of benzene rings is 1. The standard InChI is InChI=1S/C16H22N2O3/c1-12(17-16(20)14-6-4-3-5-7-14)10-15(19)18-8-9-21-13(2)11-18/h3-7,12-13H,8-11H2,1-2H3,(H,17,20)/t12-,13-/m0/s1. The van der Waals surface area contributed by atoms with Crippen LogP contribution in [0.4, 0.5) is 0 Å². The Kier molecular flexibility index (Phi) is 5.33. The van der Waals surface area contributed by atoms with Crippen molar-refractivity contribution in [3.8, 4) is 0 Å². The average molecular weight is 290 g/mol. The molecule has 0 saturated carbocycles. The second kappa shape index (κ2) is 7.22. The Morgan fingerprint density at radius 1 is 1.38 bits per heavy atom. The zero-order valence-corrected chi connectivity index (χ0v) is 12.5. The lowest BCUT2D eigenvalue weighted by atomic mass is 10.1. The number of rotatable bonds is 4. The van der Waals surface area contributed by atoms with E-state index >= 15 is 0 Å². The van der Waals surface area contributed by atoms with Gasteiger partial charge in [0.2, 0.25) is 5.91 Å². The SMILES string of the molecule is C[C@@H](CC(=O)N1CCO[C@@H](C)C1)NC(=O)c1ccccc1. The Hall–Kier alpha value is -1.88. The number of hydrogen-bond donors (Lipinski definition) is 1. The van der Waals surface area contributed by atoms with Gasteiger partial charge < -0.3 is 15.0 Å². The van der Waals surface area contributed by atoms with E-state index in [0.29, 0.717) is 31.7 Å². The molecular weight excluding hydrogens is 268 g/mol. The van der Waals surface area contributed by atoms with Crippen molar-refractivity contribution in [2.75, 3.05) is 19.7 Å². The van der Waals surface area contributed by atoms with E-state index in [2.05, 4.69) is 5.32 Å². The number of carbonyl (C=O) groups excluding carboxylic acids is 2. The smallest absolute Gasteiger partial charge is 0.251 e. The lowest BCUT2D eigenvalue weighted by molar-refractivity contribution is -0.138. The Bertz CT molecular complexity index is 490. The summed E-state index contributed by atoms with van der Waals surface area (Å²) < 4.78 is 5.42. The molecule has 1 heterocycles. The molecule has 0 radical (unpaired) electrons. The van der Waals surface area contributed by atoms with E-state index < -0.39 is 0 Å². The molecule has 1 aromatic carbocycles. The summed E-state index contributed by atoms with van der Waals surface area (Å²) in [7, 11) is 0. The highest BCUT2D eigenvalue weighted by Gasteiger charge is 2.23. The van der Waals surface area contributed by atoms with Gasteiger partial charge in [-0.05, 0) is 26.0 Å². The molecule has 1 aliphatic rings. The normalized spacial score (nSPS) is 19.9. The number of ether oxygens (including phenoxy) is 1. The third-order valence-electron chi connectivity index (χ3n) is 3.49. The van der Waals surface area contributed by atoms with Crippen LogP contribution in [0, 0.1) is 0 Å². The molecule has 0 aromatic heterocycles. The number of carbonyl (C=O) groups is 2. The highest BCUT2D eigenvalue weighted by molar-refractivity contribution is 5.94. The minimum atomic E-state index is -0.191. The first-order valence-corrected chi connectivity index (χ1v) is 7.31. The van der Waals surface area contributed by atoms with Crippen molar-refractivity contribution in [1.82, 2.24) is 10.2 Å². The molecule has 0 bridgehead atoms. The molecule has 1 aliphatic heterocycles. The fourth-order valence-corrected chi connectivity index (χ4v) is 2.38. The molecule has 1 N–H and O–H groups in total. The second-order valence-corrected chi connectivity index (χ2v) is 5.47. The van der Waals surface area contributed by atoms with Gasteiger partial charge in [-0.15, -0.1) is 0 Å². The van der Waals surface area contributed by atoms with Gasteiger partial charge in [-0.25, -0.2) is 0 Å². The van der Waals surface area contributed by atoms with E-state index in [-0.39, 0.29) is 24.0 Å². The molecule has 0 spiro atoms. The molecule has 1 saturated heterocycles. The van der Waals surface area contributed by atoms with Gasteiger partial charge in [0.1, 0.15) is 0 Å². The van der Waals surface area contributed by atoms with E-state index in [1.807, 2.05) is 32.0 Å². The predicted octanol–water partition coefficient (Wildman–Crippen LogP) is 1.44. The third kappa shape index (κ3) is 4.56. The van der Waals surface area contributed by atoms with Crippen LogP contribution >= 0.6 is 0 Å². The van der Waals surface area contributed by atoms with Crippen LogP contribution in [-0.2, 0) is 9.53 Å². The molecule has 1 fully saturated rings. The van der Waals surface area contributed by atoms with Crippen LogP contribution < -0.4 is 5.32 Å². The fourth-order valence-electron chi connectivity index (χ4n) is 2.38. The summed E-state index contributed by atoms with van der Waals surface area (Å²) in [5.74, 6) is -0.0859. The maximum Gasteiger partial charge on any atom is 0.251 e. The maximum absolute atomic E-state index is 12.2. The fraction of sp³-hybridized carbons (Fsp3) is 0.500. The Morgan fingerprint density at radius 2 is 2.10 bits per heavy atom. The number of amides is 2. The molecule has 1 aromatic rings. The number of nitrogens with one attached hydrogen (secondary N) is 1. The van der Waals surface area contributed by atoms with Crippen molar-refractivity contribution in [1.29, 1.82) is 0 Å². The molecule has 21 heavy (non-hydrogen) atoms. The first-order chi connectivity index (χ1) is 10.1. The van der Waals surface area contributed by atoms with E-state index in [0.717, 1.165) is 0 Å². The maximum atomic E-state index is 12.2. The first-order valence-electron chi connectivity index (χ1n) is 7.31. The van der Waals surface area contributed by atoms with Crippen LogP contribution in [-0.4, -0.2) is 48.6 Å². The number of hydrogen-bond acceptors (Lipinski definition) is 3. The van der Waals surface area contributed by atoms with Crippen molar-refractivity contribution in [3.63, 3.8) is 0 Å². The van der Waals surface area contributed by atoms with E-state index in [1.165, 1.54) is 0 Å². The zero-order valence-electron chi connectivity index (χ0n) is 12.5. The Morgan fingerprint density at radius 3 is 2.76 bits per heavy atom. The molecule has 2 rings (SSSR count). The van der Waals surface area contributed by atoms with Crippen molar-refractivity contribution in [3.05, 3.63) is 35.9 Å². The lowest BCUT2D eigenvalue weighted by Gasteiger charge is -2.32. The number of morpholine rings is 1. The van der Waals surface area contributed by atoms with Gasteiger partial charge in [0.15, 0.2) is 0 Å². The monoisotopic (exact) mass is 290 g/mol. The molecule has 0 aliphatic carbocycles.